The van der Waals surface area contributed by atoms with Gasteiger partial charge in [0.05, 0.1) is 5.69 Å². The number of hydrogen-bond donors (Lipinski definition) is 1. The van der Waals surface area contributed by atoms with Crippen molar-refractivity contribution in [2.24, 2.45) is 7.05 Å². The molecule has 0 aliphatic heterocycles. The first-order chi connectivity index (χ1) is 11.7. The van der Waals surface area contributed by atoms with E-state index in [-0.39, 0.29) is 5.95 Å². The first kappa shape index (κ1) is 14.8. The first-order valence-corrected chi connectivity index (χ1v) is 8.52. The molecular weight excluding hydrogens is 320 g/mol. The standard InChI is InChI=1S/C17H16N6S/c1-23-15(11-6-8-19-9-7-11)21-14-13(20-17(18)22-16(14)23)5-4-12-3-2-10-24-12/h2-3,6-10H,4-5H2,1H3,(H2,18,20,22). The number of pyridine rings is 1. The number of hydrogen-bond acceptors (Lipinski definition) is 6. The summed E-state index contributed by atoms with van der Waals surface area (Å²) < 4.78 is 1.96. The van der Waals surface area contributed by atoms with Crippen molar-refractivity contribution in [3.63, 3.8) is 0 Å². The SMILES string of the molecule is Cn1c(-c2ccncc2)nc2c(CCc3cccs3)nc(N)nc21. The number of anilines is 1. The molecule has 0 atom stereocenters. The van der Waals surface area contributed by atoms with Gasteiger partial charge in [0, 0.05) is 29.9 Å². The summed E-state index contributed by atoms with van der Waals surface area (Å²) in [4.78, 5) is 19.0. The maximum absolute atomic E-state index is 5.92. The molecule has 2 N–H and O–H groups in total. The van der Waals surface area contributed by atoms with E-state index in [2.05, 4.69) is 32.5 Å². The van der Waals surface area contributed by atoms with E-state index < -0.39 is 0 Å². The maximum atomic E-state index is 5.92. The number of rotatable bonds is 4. The first-order valence-electron chi connectivity index (χ1n) is 7.64. The number of thiophene rings is 1. The van der Waals surface area contributed by atoms with Gasteiger partial charge in [-0.2, -0.15) is 4.98 Å². The van der Waals surface area contributed by atoms with Gasteiger partial charge in [0.25, 0.3) is 0 Å². The van der Waals surface area contributed by atoms with Gasteiger partial charge >= 0.3 is 0 Å². The smallest absolute Gasteiger partial charge is 0.222 e. The summed E-state index contributed by atoms with van der Waals surface area (Å²) in [6.07, 6.45) is 5.22. The Kier molecular flexibility index (Phi) is 3.70. The van der Waals surface area contributed by atoms with E-state index in [9.17, 15) is 0 Å². The second-order valence-electron chi connectivity index (χ2n) is 5.51. The van der Waals surface area contributed by atoms with E-state index in [1.54, 1.807) is 23.7 Å². The average molecular weight is 336 g/mol. The van der Waals surface area contributed by atoms with E-state index in [0.29, 0.717) is 0 Å². The molecule has 0 unspecified atom stereocenters. The van der Waals surface area contributed by atoms with Gasteiger partial charge in [-0.15, -0.1) is 11.3 Å². The van der Waals surface area contributed by atoms with Crippen LogP contribution in [0.1, 0.15) is 10.6 Å². The second kappa shape index (κ2) is 6.01. The van der Waals surface area contributed by atoms with Crippen molar-refractivity contribution in [3.8, 4) is 11.4 Å². The minimum Gasteiger partial charge on any atom is -0.368 e. The maximum Gasteiger partial charge on any atom is 0.222 e. The third-order valence-corrected chi connectivity index (χ3v) is 4.87. The lowest BCUT2D eigenvalue weighted by Crippen LogP contribution is -2.03. The lowest BCUT2D eigenvalue weighted by atomic mass is 10.2. The van der Waals surface area contributed by atoms with E-state index in [0.717, 1.165) is 41.1 Å². The number of imidazole rings is 1. The Hall–Kier alpha value is -2.80. The summed E-state index contributed by atoms with van der Waals surface area (Å²) in [6.45, 7) is 0. The molecule has 0 fully saturated rings. The summed E-state index contributed by atoms with van der Waals surface area (Å²) in [7, 11) is 1.95. The number of aryl methyl sites for hydroxylation is 3. The van der Waals surface area contributed by atoms with Crippen LogP contribution in [0.4, 0.5) is 5.95 Å². The van der Waals surface area contributed by atoms with E-state index in [4.69, 9.17) is 10.7 Å². The molecule has 0 aliphatic carbocycles. The van der Waals surface area contributed by atoms with Crippen LogP contribution in [0, 0.1) is 0 Å². The quantitative estimate of drug-likeness (QED) is 0.619. The third kappa shape index (κ3) is 2.63. The van der Waals surface area contributed by atoms with Crippen molar-refractivity contribution in [1.29, 1.82) is 0 Å². The molecular formula is C17H16N6S. The van der Waals surface area contributed by atoms with Crippen molar-refractivity contribution < 1.29 is 0 Å². The van der Waals surface area contributed by atoms with E-state index >= 15 is 0 Å². The molecule has 0 spiro atoms. The predicted molar refractivity (Wildman–Crippen MR) is 95.7 cm³/mol. The molecule has 4 heterocycles. The zero-order valence-electron chi connectivity index (χ0n) is 13.2. The van der Waals surface area contributed by atoms with E-state index in [1.807, 2.05) is 23.7 Å². The lowest BCUT2D eigenvalue weighted by Gasteiger charge is -2.03. The summed E-state index contributed by atoms with van der Waals surface area (Å²) >= 11 is 1.75. The van der Waals surface area contributed by atoms with Crippen LogP contribution >= 0.6 is 11.3 Å². The van der Waals surface area contributed by atoms with Crippen LogP contribution in [0.2, 0.25) is 0 Å². The number of fused-ring (bicyclic) bond motifs is 1. The molecule has 4 rings (SSSR count). The van der Waals surface area contributed by atoms with Crippen LogP contribution in [-0.2, 0) is 19.9 Å². The van der Waals surface area contributed by atoms with Gasteiger partial charge < -0.3 is 10.3 Å². The molecule has 4 aromatic rings. The van der Waals surface area contributed by atoms with Crippen molar-refractivity contribution in [1.82, 2.24) is 24.5 Å². The molecule has 0 saturated heterocycles. The van der Waals surface area contributed by atoms with Gasteiger partial charge in [-0.05, 0) is 36.4 Å². The largest absolute Gasteiger partial charge is 0.368 e. The topological polar surface area (TPSA) is 82.5 Å². The molecule has 4 aromatic heterocycles. The minimum absolute atomic E-state index is 0.285. The Balaban J connectivity index is 1.79. The summed E-state index contributed by atoms with van der Waals surface area (Å²) in [5.74, 6) is 1.12. The van der Waals surface area contributed by atoms with Gasteiger partial charge in [-0.25, -0.2) is 9.97 Å². The molecule has 0 bridgehead atoms. The summed E-state index contributed by atoms with van der Waals surface area (Å²) in [6, 6.07) is 8.06. The van der Waals surface area contributed by atoms with Crippen molar-refractivity contribution in [3.05, 3.63) is 52.6 Å². The van der Waals surface area contributed by atoms with Gasteiger partial charge in [0.1, 0.15) is 11.3 Å². The number of nitrogen functional groups attached to an aromatic ring is 1. The third-order valence-electron chi connectivity index (χ3n) is 3.94. The highest BCUT2D eigenvalue weighted by Crippen LogP contribution is 2.25. The highest BCUT2D eigenvalue weighted by Gasteiger charge is 2.16. The number of nitrogens with zero attached hydrogens (tertiary/aromatic N) is 5. The summed E-state index contributed by atoms with van der Waals surface area (Å²) in [5, 5.41) is 2.08. The zero-order valence-corrected chi connectivity index (χ0v) is 14.0. The summed E-state index contributed by atoms with van der Waals surface area (Å²) in [5.41, 5.74) is 9.38. The van der Waals surface area contributed by atoms with Gasteiger partial charge in [-0.1, -0.05) is 6.07 Å². The van der Waals surface area contributed by atoms with Crippen LogP contribution in [0.15, 0.2) is 42.0 Å². The molecule has 0 saturated carbocycles. The van der Waals surface area contributed by atoms with Crippen LogP contribution < -0.4 is 5.73 Å². The van der Waals surface area contributed by atoms with E-state index in [1.165, 1.54) is 4.88 Å². The van der Waals surface area contributed by atoms with Crippen LogP contribution in [0.25, 0.3) is 22.6 Å². The molecule has 0 aromatic carbocycles. The molecule has 120 valence electrons. The Bertz CT molecular complexity index is 975. The van der Waals surface area contributed by atoms with Crippen LogP contribution in [-0.4, -0.2) is 24.5 Å². The Labute approximate surface area is 143 Å². The molecule has 24 heavy (non-hydrogen) atoms. The molecule has 6 nitrogen and oxygen atoms in total. The minimum atomic E-state index is 0.285. The van der Waals surface area contributed by atoms with Gasteiger partial charge in [-0.3, -0.25) is 4.98 Å². The molecule has 0 radical (unpaired) electrons. The predicted octanol–water partition coefficient (Wildman–Crippen LogP) is 2.85. The zero-order chi connectivity index (χ0) is 16.5. The average Bonchev–Trinajstić information content (AvgIpc) is 3.22. The highest BCUT2D eigenvalue weighted by atomic mass is 32.1. The van der Waals surface area contributed by atoms with Crippen LogP contribution in [0.3, 0.4) is 0 Å². The Morgan fingerprint density at radius 3 is 2.67 bits per heavy atom. The van der Waals surface area contributed by atoms with Crippen molar-refractivity contribution in [2.75, 3.05) is 5.73 Å². The monoisotopic (exact) mass is 336 g/mol. The fraction of sp³-hybridized carbons (Fsp3) is 0.176. The molecule has 0 aliphatic rings. The normalized spacial score (nSPS) is 11.2. The van der Waals surface area contributed by atoms with Crippen LogP contribution in [0.5, 0.6) is 0 Å². The van der Waals surface area contributed by atoms with Crippen molar-refractivity contribution in [2.45, 2.75) is 12.8 Å². The Morgan fingerprint density at radius 1 is 1.08 bits per heavy atom. The lowest BCUT2D eigenvalue weighted by molar-refractivity contribution is 0.919. The highest BCUT2D eigenvalue weighted by molar-refractivity contribution is 7.09. The molecule has 7 heteroatoms. The fourth-order valence-electron chi connectivity index (χ4n) is 2.77. The second-order valence-corrected chi connectivity index (χ2v) is 6.54. The van der Waals surface area contributed by atoms with Crippen molar-refractivity contribution >= 4 is 28.4 Å². The fourth-order valence-corrected chi connectivity index (χ4v) is 3.48. The van der Waals surface area contributed by atoms with Gasteiger partial charge in [0.2, 0.25) is 5.95 Å². The molecule has 0 amide bonds. The number of aromatic nitrogens is 5. The van der Waals surface area contributed by atoms with Gasteiger partial charge in [0.15, 0.2) is 5.65 Å². The Morgan fingerprint density at radius 2 is 1.92 bits per heavy atom. The number of nitrogens with two attached hydrogens (primary N) is 1.